The van der Waals surface area contributed by atoms with Crippen molar-refractivity contribution in [2.45, 2.75) is 110 Å². The van der Waals surface area contributed by atoms with Gasteiger partial charge in [-0.15, -0.1) is 0 Å². The van der Waals surface area contributed by atoms with Crippen LogP contribution in [0.4, 0.5) is 0 Å². The van der Waals surface area contributed by atoms with Crippen LogP contribution in [0.25, 0.3) is 0 Å². The van der Waals surface area contributed by atoms with E-state index >= 15 is 0 Å². The highest BCUT2D eigenvalue weighted by atomic mass is 15.3. The standard InChI is InChI=1S/C24H50N3/c1-4-6-8-10-12-13-14-16-18-24-26(3)22-23-27(24)21-20-25-19-17-15-11-9-7-5-2/h25H,4-23H2,1-3H3/q+1. The fraction of sp³-hybridized carbons (Fsp3) is 0.958. The monoisotopic (exact) mass is 380 g/mol. The van der Waals surface area contributed by atoms with Gasteiger partial charge in [-0.05, 0) is 19.4 Å². The van der Waals surface area contributed by atoms with Gasteiger partial charge in [-0.25, -0.2) is 0 Å². The Morgan fingerprint density at radius 3 is 1.93 bits per heavy atom. The number of likely N-dealkylation sites (N-methyl/N-ethyl adjacent to an activating group) is 1. The molecule has 0 bridgehead atoms. The number of unbranched alkanes of at least 4 members (excludes halogenated alkanes) is 12. The SMILES string of the molecule is CCCCCCCCCCC1=[N+](C)CCN1CCNCCCCCCCC. The van der Waals surface area contributed by atoms with Gasteiger partial charge in [-0.3, -0.25) is 9.48 Å². The molecule has 0 fully saturated rings. The molecule has 1 rings (SSSR count). The first-order chi connectivity index (χ1) is 13.3. The minimum Gasteiger partial charge on any atom is -0.313 e. The summed E-state index contributed by atoms with van der Waals surface area (Å²) in [6.07, 6.45) is 20.9. The maximum Gasteiger partial charge on any atom is 0.246 e. The van der Waals surface area contributed by atoms with Crippen LogP contribution in [-0.4, -0.2) is 55.1 Å². The quantitative estimate of drug-likeness (QED) is 0.225. The number of amidine groups is 1. The molecular formula is C24H50N3+. The third-order valence-corrected chi connectivity index (χ3v) is 6.03. The predicted octanol–water partition coefficient (Wildman–Crippen LogP) is 5.82. The molecule has 0 amide bonds. The lowest BCUT2D eigenvalue weighted by molar-refractivity contribution is -0.487. The molecule has 27 heavy (non-hydrogen) atoms. The van der Waals surface area contributed by atoms with Gasteiger partial charge in [-0.1, -0.05) is 90.9 Å². The summed E-state index contributed by atoms with van der Waals surface area (Å²) in [5.41, 5.74) is 0. The molecule has 1 N–H and O–H groups in total. The molecular weight excluding hydrogens is 330 g/mol. The predicted molar refractivity (Wildman–Crippen MR) is 121 cm³/mol. The normalized spacial score (nSPS) is 14.6. The van der Waals surface area contributed by atoms with Crippen LogP contribution < -0.4 is 5.32 Å². The highest BCUT2D eigenvalue weighted by Gasteiger charge is 2.26. The molecule has 3 heteroatoms. The van der Waals surface area contributed by atoms with Gasteiger partial charge in [0.05, 0.1) is 13.6 Å². The number of hydrogen-bond donors (Lipinski definition) is 1. The lowest BCUT2D eigenvalue weighted by atomic mass is 10.1. The summed E-state index contributed by atoms with van der Waals surface area (Å²) in [5.74, 6) is 1.60. The molecule has 0 aromatic rings. The van der Waals surface area contributed by atoms with E-state index in [1.54, 1.807) is 5.84 Å². The summed E-state index contributed by atoms with van der Waals surface area (Å²) >= 11 is 0. The Balaban J connectivity index is 2.02. The second-order valence-electron chi connectivity index (χ2n) is 8.57. The fourth-order valence-corrected chi connectivity index (χ4v) is 4.15. The molecule has 3 nitrogen and oxygen atoms in total. The summed E-state index contributed by atoms with van der Waals surface area (Å²) in [4.78, 5) is 2.63. The maximum absolute atomic E-state index is 3.67. The van der Waals surface area contributed by atoms with Crippen LogP contribution in [0.5, 0.6) is 0 Å². The van der Waals surface area contributed by atoms with Crippen molar-refractivity contribution in [3.8, 4) is 0 Å². The molecule has 1 aliphatic rings. The van der Waals surface area contributed by atoms with Crippen LogP contribution in [0.2, 0.25) is 0 Å². The van der Waals surface area contributed by atoms with E-state index in [0.717, 1.165) is 6.54 Å². The van der Waals surface area contributed by atoms with Crippen LogP contribution in [0.15, 0.2) is 0 Å². The largest absolute Gasteiger partial charge is 0.313 e. The third kappa shape index (κ3) is 12.5. The van der Waals surface area contributed by atoms with Crippen molar-refractivity contribution >= 4 is 5.84 Å². The molecule has 0 spiro atoms. The van der Waals surface area contributed by atoms with Crippen LogP contribution >= 0.6 is 0 Å². The molecule has 1 aliphatic heterocycles. The Labute approximate surface area is 171 Å². The van der Waals surface area contributed by atoms with Gasteiger partial charge in [-0.2, -0.15) is 0 Å². The van der Waals surface area contributed by atoms with Crippen molar-refractivity contribution in [1.29, 1.82) is 0 Å². The first kappa shape index (κ1) is 24.5. The highest BCUT2D eigenvalue weighted by molar-refractivity contribution is 5.78. The molecule has 0 atom stereocenters. The van der Waals surface area contributed by atoms with Gasteiger partial charge in [0.2, 0.25) is 5.84 Å². The minimum atomic E-state index is 1.14. The number of hydrogen-bond acceptors (Lipinski definition) is 2. The average Bonchev–Trinajstić information content (AvgIpc) is 3.02. The number of nitrogens with zero attached hydrogens (tertiary/aromatic N) is 2. The Morgan fingerprint density at radius 2 is 1.30 bits per heavy atom. The molecule has 0 aromatic carbocycles. The smallest absolute Gasteiger partial charge is 0.246 e. The second kappa shape index (κ2) is 17.5. The summed E-state index contributed by atoms with van der Waals surface area (Å²) in [6.45, 7) is 10.5. The molecule has 0 aromatic heterocycles. The maximum atomic E-state index is 3.67. The van der Waals surface area contributed by atoms with Crippen LogP contribution in [0, 0.1) is 0 Å². The van der Waals surface area contributed by atoms with E-state index in [2.05, 4.69) is 35.7 Å². The van der Waals surface area contributed by atoms with Gasteiger partial charge in [0, 0.05) is 13.0 Å². The van der Waals surface area contributed by atoms with Crippen molar-refractivity contribution in [3.05, 3.63) is 0 Å². The zero-order valence-corrected chi connectivity index (χ0v) is 19.0. The summed E-state index contributed by atoms with van der Waals surface area (Å²) in [7, 11) is 2.28. The van der Waals surface area contributed by atoms with E-state index in [-0.39, 0.29) is 0 Å². The van der Waals surface area contributed by atoms with E-state index in [0.29, 0.717) is 0 Å². The fourth-order valence-electron chi connectivity index (χ4n) is 4.15. The minimum absolute atomic E-state index is 1.14. The van der Waals surface area contributed by atoms with Crippen LogP contribution in [0.3, 0.4) is 0 Å². The topological polar surface area (TPSA) is 18.3 Å². The number of rotatable bonds is 19. The zero-order chi connectivity index (χ0) is 19.6. The molecule has 0 radical (unpaired) electrons. The van der Waals surface area contributed by atoms with Crippen molar-refractivity contribution in [2.75, 3.05) is 39.8 Å². The van der Waals surface area contributed by atoms with Crippen molar-refractivity contribution in [3.63, 3.8) is 0 Å². The van der Waals surface area contributed by atoms with E-state index in [1.807, 2.05) is 0 Å². The van der Waals surface area contributed by atoms with Crippen molar-refractivity contribution < 1.29 is 4.58 Å². The lowest BCUT2D eigenvalue weighted by Gasteiger charge is -2.14. The van der Waals surface area contributed by atoms with Crippen LogP contribution in [0.1, 0.15) is 110 Å². The molecule has 0 saturated heterocycles. The van der Waals surface area contributed by atoms with E-state index in [9.17, 15) is 0 Å². The van der Waals surface area contributed by atoms with Crippen LogP contribution in [-0.2, 0) is 0 Å². The van der Waals surface area contributed by atoms with Gasteiger partial charge in [0.15, 0.2) is 0 Å². The number of nitrogens with one attached hydrogen (secondary N) is 1. The average molecular weight is 381 g/mol. The van der Waals surface area contributed by atoms with Crippen molar-refractivity contribution in [2.24, 2.45) is 0 Å². The molecule has 0 unspecified atom stereocenters. The van der Waals surface area contributed by atoms with E-state index in [4.69, 9.17) is 0 Å². The zero-order valence-electron chi connectivity index (χ0n) is 19.0. The Bertz CT molecular complexity index is 365. The Hall–Kier alpha value is -0.570. The van der Waals surface area contributed by atoms with Gasteiger partial charge >= 0.3 is 0 Å². The molecule has 1 heterocycles. The van der Waals surface area contributed by atoms with Gasteiger partial charge < -0.3 is 5.32 Å². The highest BCUT2D eigenvalue weighted by Crippen LogP contribution is 2.12. The van der Waals surface area contributed by atoms with Gasteiger partial charge in [0.1, 0.15) is 13.1 Å². The molecule has 0 aliphatic carbocycles. The molecule has 160 valence electrons. The van der Waals surface area contributed by atoms with E-state index < -0.39 is 0 Å². The first-order valence-electron chi connectivity index (χ1n) is 12.3. The lowest BCUT2D eigenvalue weighted by Crippen LogP contribution is -2.35. The Morgan fingerprint density at radius 1 is 0.741 bits per heavy atom. The summed E-state index contributed by atoms with van der Waals surface area (Å²) < 4.78 is 2.50. The van der Waals surface area contributed by atoms with E-state index in [1.165, 1.54) is 122 Å². The molecule has 0 saturated carbocycles. The second-order valence-corrected chi connectivity index (χ2v) is 8.57. The van der Waals surface area contributed by atoms with Gasteiger partial charge in [0.25, 0.3) is 0 Å². The third-order valence-electron chi connectivity index (χ3n) is 6.03. The summed E-state index contributed by atoms with van der Waals surface area (Å²) in [6, 6.07) is 0. The summed E-state index contributed by atoms with van der Waals surface area (Å²) in [5, 5.41) is 3.67. The Kier molecular flexibility index (Phi) is 15.9. The first-order valence-corrected chi connectivity index (χ1v) is 12.3. The van der Waals surface area contributed by atoms with Crippen molar-refractivity contribution in [1.82, 2.24) is 10.2 Å².